The smallest absolute Gasteiger partial charge is 0.238 e. The Balaban J connectivity index is 1.31. The predicted molar refractivity (Wildman–Crippen MR) is 118 cm³/mol. The van der Waals surface area contributed by atoms with Crippen molar-refractivity contribution in [2.24, 2.45) is 11.8 Å². The Kier molecular flexibility index (Phi) is 6.22. The maximum atomic E-state index is 12.5. The highest BCUT2D eigenvalue weighted by Crippen LogP contribution is 2.36. The fraction of sp³-hybridized carbons (Fsp3) is 0.476. The van der Waals surface area contributed by atoms with E-state index >= 15 is 0 Å². The zero-order valence-electron chi connectivity index (χ0n) is 16.7. The number of fused-ring (bicyclic) bond motifs is 1. The second-order valence-corrected chi connectivity index (χ2v) is 10.2. The predicted octanol–water partition coefficient (Wildman–Crippen LogP) is 4.06. The first-order valence-corrected chi connectivity index (χ1v) is 11.8. The molecule has 1 fully saturated rings. The number of likely N-dealkylation sites (tertiary alicyclic amines) is 1. The van der Waals surface area contributed by atoms with E-state index in [0.29, 0.717) is 17.0 Å². The summed E-state index contributed by atoms with van der Waals surface area (Å²) >= 11 is 2.88. The van der Waals surface area contributed by atoms with Crippen molar-refractivity contribution in [1.82, 2.24) is 9.88 Å². The van der Waals surface area contributed by atoms with Crippen LogP contribution in [0.5, 0.6) is 0 Å². The number of benzene rings is 1. The molecule has 2 N–H and O–H groups in total. The first-order chi connectivity index (χ1) is 14.0. The van der Waals surface area contributed by atoms with Gasteiger partial charge in [0, 0.05) is 36.3 Å². The number of carbonyl (C=O) groups excluding carboxylic acids is 2. The molecule has 1 aromatic carbocycles. The maximum absolute atomic E-state index is 12.5. The molecule has 0 radical (unpaired) electrons. The summed E-state index contributed by atoms with van der Waals surface area (Å²) in [6.07, 6.45) is 1.41. The number of nitrogens with zero attached hydrogens (tertiary/aromatic N) is 2. The van der Waals surface area contributed by atoms with E-state index in [2.05, 4.69) is 34.4 Å². The van der Waals surface area contributed by atoms with Crippen molar-refractivity contribution >= 4 is 45.7 Å². The molecule has 29 heavy (non-hydrogen) atoms. The maximum Gasteiger partial charge on any atom is 0.238 e. The number of carbonyl (C=O) groups is 2. The van der Waals surface area contributed by atoms with Crippen LogP contribution in [0.3, 0.4) is 0 Å². The van der Waals surface area contributed by atoms with Gasteiger partial charge in [0.1, 0.15) is 0 Å². The Labute approximate surface area is 179 Å². The number of nitrogens with one attached hydrogen (secondary N) is 2. The van der Waals surface area contributed by atoms with Crippen LogP contribution in [0.1, 0.15) is 32.4 Å². The van der Waals surface area contributed by atoms with Gasteiger partial charge >= 0.3 is 0 Å². The van der Waals surface area contributed by atoms with Crippen LogP contribution in [0.4, 0.5) is 10.8 Å². The molecular formula is C21H26N4O2S2. The van der Waals surface area contributed by atoms with E-state index in [1.807, 2.05) is 29.6 Å². The van der Waals surface area contributed by atoms with Gasteiger partial charge in [-0.1, -0.05) is 26.0 Å². The van der Waals surface area contributed by atoms with Crippen LogP contribution in [0.15, 0.2) is 34.5 Å². The second kappa shape index (κ2) is 8.85. The van der Waals surface area contributed by atoms with Gasteiger partial charge in [-0.05, 0) is 30.4 Å². The average molecular weight is 431 g/mol. The molecule has 0 spiro atoms. The van der Waals surface area contributed by atoms with Crippen LogP contribution in [0.2, 0.25) is 0 Å². The van der Waals surface area contributed by atoms with E-state index in [0.717, 1.165) is 35.9 Å². The van der Waals surface area contributed by atoms with Gasteiger partial charge in [0.2, 0.25) is 11.8 Å². The highest BCUT2D eigenvalue weighted by molar-refractivity contribution is 8.01. The van der Waals surface area contributed by atoms with Gasteiger partial charge in [-0.25, -0.2) is 4.98 Å². The van der Waals surface area contributed by atoms with Crippen molar-refractivity contribution in [1.29, 1.82) is 0 Å². The minimum absolute atomic E-state index is 0.126. The van der Waals surface area contributed by atoms with Crippen molar-refractivity contribution in [2.45, 2.75) is 43.4 Å². The summed E-state index contributed by atoms with van der Waals surface area (Å²) in [6, 6.07) is 7.65. The topological polar surface area (TPSA) is 74.3 Å². The lowest BCUT2D eigenvalue weighted by atomic mass is 9.92. The second-order valence-electron chi connectivity index (χ2n) is 8.13. The highest BCUT2D eigenvalue weighted by atomic mass is 32.2. The van der Waals surface area contributed by atoms with Gasteiger partial charge in [0.05, 0.1) is 16.6 Å². The van der Waals surface area contributed by atoms with Crippen LogP contribution in [-0.2, 0) is 16.1 Å². The first kappa shape index (κ1) is 20.4. The number of thioether (sulfide) groups is 1. The quantitative estimate of drug-likeness (QED) is 0.748. The molecule has 0 bridgehead atoms. The van der Waals surface area contributed by atoms with Crippen molar-refractivity contribution in [2.75, 3.05) is 23.7 Å². The number of thiazole rings is 1. The van der Waals surface area contributed by atoms with Gasteiger partial charge < -0.3 is 10.6 Å². The third-order valence-corrected chi connectivity index (χ3v) is 7.29. The van der Waals surface area contributed by atoms with Crippen LogP contribution < -0.4 is 10.6 Å². The lowest BCUT2D eigenvalue weighted by Crippen LogP contribution is -2.38. The molecule has 0 aliphatic carbocycles. The van der Waals surface area contributed by atoms with Crippen molar-refractivity contribution in [3.8, 4) is 0 Å². The fourth-order valence-electron chi connectivity index (χ4n) is 4.15. The standard InChI is InChI=1S/C21H26N4O2S2/c1-13-7-14(2)10-25(9-13)11-15-12-28-21(22-15)24-19(26)8-18-20(27)23-16-5-3-4-6-17(16)29-18/h3-6,12-14,18H,7-11H2,1-2H3,(H,23,27)(H,22,24,26). The van der Waals surface area contributed by atoms with E-state index in [1.54, 1.807) is 0 Å². The van der Waals surface area contributed by atoms with Gasteiger partial charge in [-0.2, -0.15) is 0 Å². The number of hydrogen-bond acceptors (Lipinski definition) is 6. The van der Waals surface area contributed by atoms with Crippen molar-refractivity contribution < 1.29 is 9.59 Å². The molecule has 2 aliphatic rings. The highest BCUT2D eigenvalue weighted by Gasteiger charge is 2.29. The van der Waals surface area contributed by atoms with Crippen LogP contribution in [0, 0.1) is 11.8 Å². The zero-order valence-corrected chi connectivity index (χ0v) is 18.3. The van der Waals surface area contributed by atoms with Gasteiger partial charge in [-0.3, -0.25) is 14.5 Å². The summed E-state index contributed by atoms with van der Waals surface area (Å²) in [5, 5.41) is 7.93. The number of anilines is 2. The number of amides is 2. The summed E-state index contributed by atoms with van der Waals surface area (Å²) in [5.41, 5.74) is 1.80. The van der Waals surface area contributed by atoms with E-state index in [1.165, 1.54) is 29.5 Å². The minimum Gasteiger partial charge on any atom is -0.324 e. The molecule has 3 atom stereocenters. The normalized spacial score (nSPS) is 24.6. The number of para-hydroxylation sites is 1. The Hall–Kier alpha value is -1.90. The monoisotopic (exact) mass is 430 g/mol. The summed E-state index contributed by atoms with van der Waals surface area (Å²) in [7, 11) is 0. The number of aromatic nitrogens is 1. The van der Waals surface area contributed by atoms with Crippen molar-refractivity contribution in [3.05, 3.63) is 35.3 Å². The molecule has 8 heteroatoms. The molecule has 2 aliphatic heterocycles. The van der Waals surface area contributed by atoms with E-state index in [9.17, 15) is 9.59 Å². The van der Waals surface area contributed by atoms with E-state index < -0.39 is 5.25 Å². The summed E-state index contributed by atoms with van der Waals surface area (Å²) in [6.45, 7) is 7.61. The molecule has 3 unspecified atom stereocenters. The zero-order chi connectivity index (χ0) is 20.4. The third-order valence-electron chi connectivity index (χ3n) is 5.21. The molecule has 0 saturated carbocycles. The number of rotatable bonds is 5. The Morgan fingerprint density at radius 1 is 1.28 bits per heavy atom. The summed E-state index contributed by atoms with van der Waals surface area (Å²) < 4.78 is 0. The molecule has 4 rings (SSSR count). The Morgan fingerprint density at radius 3 is 2.83 bits per heavy atom. The molecule has 154 valence electrons. The van der Waals surface area contributed by atoms with Crippen molar-refractivity contribution in [3.63, 3.8) is 0 Å². The average Bonchev–Trinajstić information content (AvgIpc) is 3.08. The molecule has 3 heterocycles. The van der Waals surface area contributed by atoms with Crippen LogP contribution >= 0.6 is 23.1 Å². The largest absolute Gasteiger partial charge is 0.324 e. The SMILES string of the molecule is CC1CC(C)CN(Cc2csc(NC(=O)CC3Sc4ccccc4NC3=O)n2)C1. The molecule has 1 aromatic heterocycles. The molecule has 2 amide bonds. The van der Waals surface area contributed by atoms with Gasteiger partial charge in [-0.15, -0.1) is 23.1 Å². The van der Waals surface area contributed by atoms with Crippen LogP contribution in [-0.4, -0.2) is 40.0 Å². The first-order valence-electron chi connectivity index (χ1n) is 9.99. The molecule has 6 nitrogen and oxygen atoms in total. The Morgan fingerprint density at radius 2 is 2.03 bits per heavy atom. The molecular weight excluding hydrogens is 404 g/mol. The third kappa shape index (κ3) is 5.18. The Bertz CT molecular complexity index is 890. The lowest BCUT2D eigenvalue weighted by molar-refractivity contribution is -0.120. The number of piperidine rings is 1. The van der Waals surface area contributed by atoms with E-state index in [4.69, 9.17) is 0 Å². The molecule has 1 saturated heterocycles. The molecule has 2 aromatic rings. The minimum atomic E-state index is -0.430. The fourth-order valence-corrected chi connectivity index (χ4v) is 5.98. The lowest BCUT2D eigenvalue weighted by Gasteiger charge is -2.34. The number of hydrogen-bond donors (Lipinski definition) is 2. The van der Waals surface area contributed by atoms with Gasteiger partial charge in [0.25, 0.3) is 0 Å². The van der Waals surface area contributed by atoms with E-state index in [-0.39, 0.29) is 18.2 Å². The summed E-state index contributed by atoms with van der Waals surface area (Å²) in [5.74, 6) is 1.11. The van der Waals surface area contributed by atoms with Crippen LogP contribution in [0.25, 0.3) is 0 Å². The summed E-state index contributed by atoms with van der Waals surface area (Å²) in [4.78, 5) is 32.8. The van der Waals surface area contributed by atoms with Gasteiger partial charge in [0.15, 0.2) is 5.13 Å².